The van der Waals surface area contributed by atoms with E-state index in [1.165, 1.54) is 11.8 Å². The second kappa shape index (κ2) is 6.51. The molecule has 0 bridgehead atoms. The largest absolute Gasteiger partial charge is 0.329 e. The van der Waals surface area contributed by atoms with Gasteiger partial charge in [-0.25, -0.2) is 4.68 Å². The Labute approximate surface area is 122 Å². The number of nitrogens with zero attached hydrogens (tertiary/aromatic N) is 4. The van der Waals surface area contributed by atoms with E-state index in [1.807, 2.05) is 18.2 Å². The van der Waals surface area contributed by atoms with Crippen molar-refractivity contribution in [2.75, 3.05) is 6.54 Å². The highest BCUT2D eigenvalue weighted by Gasteiger charge is 2.08. The minimum absolute atomic E-state index is 0.512. The zero-order valence-corrected chi connectivity index (χ0v) is 12.5. The molecule has 2 N–H and O–H groups in total. The molecular weight excluding hydrogens is 338 g/mol. The number of benzene rings is 1. The third-order valence-electron chi connectivity index (χ3n) is 2.21. The van der Waals surface area contributed by atoms with Gasteiger partial charge in [0.1, 0.15) is 0 Å². The monoisotopic (exact) mass is 347 g/mol. The van der Waals surface area contributed by atoms with Gasteiger partial charge in [0.15, 0.2) is 0 Å². The lowest BCUT2D eigenvalue weighted by Gasteiger charge is -2.05. The molecule has 0 saturated carbocycles. The molecule has 0 amide bonds. The summed E-state index contributed by atoms with van der Waals surface area (Å²) < 4.78 is 2.66. The van der Waals surface area contributed by atoms with Gasteiger partial charge in [0.05, 0.1) is 6.54 Å². The number of halogens is 2. The normalized spacial score (nSPS) is 10.8. The second-order valence-corrected chi connectivity index (χ2v) is 5.76. The number of aromatic nitrogens is 4. The van der Waals surface area contributed by atoms with Gasteiger partial charge in [0.2, 0.25) is 5.16 Å². The highest BCUT2D eigenvalue weighted by Crippen LogP contribution is 2.27. The third kappa shape index (κ3) is 3.44. The smallest absolute Gasteiger partial charge is 0.209 e. The standard InChI is InChI=1S/C10H11BrClN5S/c11-8-2-1-7(9(12)5-8)6-18-10-14-15-16-17(10)4-3-13/h1-2,5H,3-4,6,13H2. The predicted octanol–water partition coefficient (Wildman–Crippen LogP) is 2.34. The van der Waals surface area contributed by atoms with Crippen LogP contribution in [0.15, 0.2) is 27.8 Å². The highest BCUT2D eigenvalue weighted by molar-refractivity contribution is 9.10. The van der Waals surface area contributed by atoms with Crippen LogP contribution in [0.5, 0.6) is 0 Å². The molecule has 18 heavy (non-hydrogen) atoms. The first kappa shape index (κ1) is 13.8. The lowest BCUT2D eigenvalue weighted by Crippen LogP contribution is -2.12. The number of rotatable bonds is 5. The molecule has 0 atom stereocenters. The van der Waals surface area contributed by atoms with Crippen LogP contribution < -0.4 is 5.73 Å². The van der Waals surface area contributed by atoms with E-state index in [-0.39, 0.29) is 0 Å². The van der Waals surface area contributed by atoms with Crippen LogP contribution in [-0.4, -0.2) is 26.8 Å². The second-order valence-electron chi connectivity index (χ2n) is 3.50. The minimum Gasteiger partial charge on any atom is -0.329 e. The van der Waals surface area contributed by atoms with Gasteiger partial charge in [-0.15, -0.1) is 5.10 Å². The summed E-state index contributed by atoms with van der Waals surface area (Å²) in [5, 5.41) is 12.9. The molecule has 0 radical (unpaired) electrons. The van der Waals surface area contributed by atoms with Crippen LogP contribution in [-0.2, 0) is 12.3 Å². The molecule has 0 unspecified atom stereocenters. The summed E-state index contributed by atoms with van der Waals surface area (Å²) in [6, 6.07) is 5.82. The number of hydrogen-bond donors (Lipinski definition) is 1. The number of tetrazole rings is 1. The van der Waals surface area contributed by atoms with Crippen LogP contribution in [0.1, 0.15) is 5.56 Å². The number of hydrogen-bond acceptors (Lipinski definition) is 5. The van der Waals surface area contributed by atoms with Crippen LogP contribution in [0.25, 0.3) is 0 Å². The van der Waals surface area contributed by atoms with E-state index in [1.54, 1.807) is 4.68 Å². The van der Waals surface area contributed by atoms with Crippen molar-refractivity contribution in [3.05, 3.63) is 33.3 Å². The molecule has 1 aromatic heterocycles. The maximum absolute atomic E-state index is 6.15. The summed E-state index contributed by atoms with van der Waals surface area (Å²) in [6.45, 7) is 1.13. The maximum atomic E-state index is 6.15. The Morgan fingerprint density at radius 2 is 2.28 bits per heavy atom. The molecule has 2 rings (SSSR count). The first-order valence-electron chi connectivity index (χ1n) is 5.23. The molecule has 2 aromatic rings. The summed E-state index contributed by atoms with van der Waals surface area (Å²) >= 11 is 11.1. The van der Waals surface area contributed by atoms with Crippen LogP contribution in [0.3, 0.4) is 0 Å². The van der Waals surface area contributed by atoms with Crippen LogP contribution in [0.2, 0.25) is 5.02 Å². The Kier molecular flexibility index (Phi) is 4.99. The maximum Gasteiger partial charge on any atom is 0.209 e. The zero-order chi connectivity index (χ0) is 13.0. The third-order valence-corrected chi connectivity index (χ3v) is 4.06. The van der Waals surface area contributed by atoms with Crippen molar-refractivity contribution in [3.63, 3.8) is 0 Å². The Morgan fingerprint density at radius 3 is 3.00 bits per heavy atom. The lowest BCUT2D eigenvalue weighted by atomic mass is 10.2. The molecule has 96 valence electrons. The van der Waals surface area contributed by atoms with Crippen molar-refractivity contribution in [1.82, 2.24) is 20.2 Å². The van der Waals surface area contributed by atoms with Crippen LogP contribution >= 0.6 is 39.3 Å². The zero-order valence-electron chi connectivity index (χ0n) is 9.38. The van der Waals surface area contributed by atoms with E-state index in [0.717, 1.165) is 26.0 Å². The molecular formula is C10H11BrClN5S. The molecule has 1 aromatic carbocycles. The Bertz CT molecular complexity index is 533. The van der Waals surface area contributed by atoms with Gasteiger partial charge < -0.3 is 5.73 Å². The van der Waals surface area contributed by atoms with Gasteiger partial charge in [-0.05, 0) is 28.1 Å². The minimum atomic E-state index is 0.512. The molecule has 0 fully saturated rings. The van der Waals surface area contributed by atoms with E-state index < -0.39 is 0 Å². The van der Waals surface area contributed by atoms with Gasteiger partial charge in [-0.3, -0.25) is 0 Å². The number of nitrogens with two attached hydrogens (primary N) is 1. The van der Waals surface area contributed by atoms with Crippen molar-refractivity contribution >= 4 is 39.3 Å². The summed E-state index contributed by atoms with van der Waals surface area (Å²) in [7, 11) is 0. The number of thioether (sulfide) groups is 1. The van der Waals surface area contributed by atoms with Crippen molar-refractivity contribution in [3.8, 4) is 0 Å². The average molecular weight is 349 g/mol. The fourth-order valence-corrected chi connectivity index (χ4v) is 3.07. The van der Waals surface area contributed by atoms with Crippen molar-refractivity contribution in [2.24, 2.45) is 5.73 Å². The van der Waals surface area contributed by atoms with E-state index >= 15 is 0 Å². The molecule has 0 aliphatic rings. The molecule has 0 aliphatic carbocycles. The Balaban J connectivity index is 2.04. The van der Waals surface area contributed by atoms with Crippen molar-refractivity contribution < 1.29 is 0 Å². The van der Waals surface area contributed by atoms with E-state index in [2.05, 4.69) is 31.5 Å². The molecule has 1 heterocycles. The average Bonchev–Trinajstić information content (AvgIpc) is 2.76. The van der Waals surface area contributed by atoms with Crippen LogP contribution in [0, 0.1) is 0 Å². The first-order chi connectivity index (χ1) is 8.70. The molecule has 0 spiro atoms. The summed E-state index contributed by atoms with van der Waals surface area (Å²) in [5.74, 6) is 0.719. The topological polar surface area (TPSA) is 69.6 Å². The lowest BCUT2D eigenvalue weighted by molar-refractivity contribution is 0.557. The van der Waals surface area contributed by atoms with E-state index in [9.17, 15) is 0 Å². The van der Waals surface area contributed by atoms with Gasteiger partial charge in [-0.1, -0.05) is 45.4 Å². The predicted molar refractivity (Wildman–Crippen MR) is 75.6 cm³/mol. The molecule has 0 aliphatic heterocycles. The molecule has 5 nitrogen and oxygen atoms in total. The Hall–Kier alpha value is -0.630. The van der Waals surface area contributed by atoms with E-state index in [4.69, 9.17) is 17.3 Å². The summed E-state index contributed by atoms with van der Waals surface area (Å²) in [6.07, 6.45) is 0. The van der Waals surface area contributed by atoms with Gasteiger partial charge in [0.25, 0.3) is 0 Å². The van der Waals surface area contributed by atoms with E-state index in [0.29, 0.717) is 13.1 Å². The van der Waals surface area contributed by atoms with Gasteiger partial charge in [0, 0.05) is 21.8 Å². The van der Waals surface area contributed by atoms with Gasteiger partial charge in [-0.2, -0.15) is 0 Å². The molecule has 0 saturated heterocycles. The molecule has 8 heteroatoms. The fraction of sp³-hybridized carbons (Fsp3) is 0.300. The Morgan fingerprint density at radius 1 is 1.44 bits per heavy atom. The quantitative estimate of drug-likeness (QED) is 0.840. The summed E-state index contributed by atoms with van der Waals surface area (Å²) in [5.41, 5.74) is 6.53. The van der Waals surface area contributed by atoms with Crippen molar-refractivity contribution in [1.29, 1.82) is 0 Å². The van der Waals surface area contributed by atoms with Crippen LogP contribution in [0.4, 0.5) is 0 Å². The van der Waals surface area contributed by atoms with Gasteiger partial charge >= 0.3 is 0 Å². The first-order valence-corrected chi connectivity index (χ1v) is 7.39. The summed E-state index contributed by atoms with van der Waals surface area (Å²) in [4.78, 5) is 0. The fourth-order valence-electron chi connectivity index (χ4n) is 1.34. The SMILES string of the molecule is NCCn1nnnc1SCc1ccc(Br)cc1Cl. The van der Waals surface area contributed by atoms with Crippen molar-refractivity contribution in [2.45, 2.75) is 17.5 Å². The highest BCUT2D eigenvalue weighted by atomic mass is 79.9.